The van der Waals surface area contributed by atoms with Gasteiger partial charge < -0.3 is 10.6 Å². The highest BCUT2D eigenvalue weighted by Gasteiger charge is 2.28. The summed E-state index contributed by atoms with van der Waals surface area (Å²) in [5.41, 5.74) is 0. The predicted octanol–water partition coefficient (Wildman–Crippen LogP) is -0.310. The molecule has 0 aromatic carbocycles. The second kappa shape index (κ2) is 4.40. The summed E-state index contributed by atoms with van der Waals surface area (Å²) in [6.07, 6.45) is 4.26. The van der Waals surface area contributed by atoms with Gasteiger partial charge >= 0.3 is 0 Å². The zero-order chi connectivity index (χ0) is 12.5. The van der Waals surface area contributed by atoms with E-state index < -0.39 is 5.91 Å². The van der Waals surface area contributed by atoms with Crippen molar-refractivity contribution in [3.05, 3.63) is 11.6 Å². The van der Waals surface area contributed by atoms with Crippen molar-refractivity contribution in [2.24, 2.45) is 0 Å². The Kier molecular flexibility index (Phi) is 2.73. The fraction of sp³-hybridized carbons (Fsp3) is 0.636. The summed E-state index contributed by atoms with van der Waals surface area (Å²) in [6, 6.07) is 0.305. The van der Waals surface area contributed by atoms with Crippen LogP contribution >= 0.6 is 0 Å². The Labute approximate surface area is 104 Å². The smallest absolute Gasteiger partial charge is 0.291 e. The number of carbonyl (C=O) groups is 2. The van der Waals surface area contributed by atoms with Crippen molar-refractivity contribution >= 4 is 11.8 Å². The first-order valence-corrected chi connectivity index (χ1v) is 6.22. The van der Waals surface area contributed by atoms with Crippen LogP contribution < -0.4 is 10.6 Å². The molecule has 2 aliphatic carbocycles. The van der Waals surface area contributed by atoms with Gasteiger partial charge in [0.15, 0.2) is 0 Å². The third-order valence-corrected chi connectivity index (χ3v) is 3.02. The average molecular weight is 249 g/mol. The molecule has 0 saturated heterocycles. The van der Waals surface area contributed by atoms with Gasteiger partial charge in [0.1, 0.15) is 5.82 Å². The van der Waals surface area contributed by atoms with E-state index in [-0.39, 0.29) is 18.3 Å². The first kappa shape index (κ1) is 11.2. The molecule has 0 bridgehead atoms. The minimum atomic E-state index is -0.413. The number of aromatic nitrogens is 3. The monoisotopic (exact) mass is 249 g/mol. The topological polar surface area (TPSA) is 99.8 Å². The van der Waals surface area contributed by atoms with Crippen molar-refractivity contribution in [3.8, 4) is 0 Å². The summed E-state index contributed by atoms with van der Waals surface area (Å²) in [5, 5.41) is 11.9. The SMILES string of the molecule is O=C(CNC(=O)c1n[nH]c(C2CC2)n1)NC1CC1. The van der Waals surface area contributed by atoms with E-state index in [1.807, 2.05) is 0 Å². The first-order chi connectivity index (χ1) is 8.72. The van der Waals surface area contributed by atoms with Crippen molar-refractivity contribution in [1.29, 1.82) is 0 Å². The summed E-state index contributed by atoms with van der Waals surface area (Å²) in [7, 11) is 0. The highest BCUT2D eigenvalue weighted by molar-refractivity contribution is 5.93. The Morgan fingerprint density at radius 3 is 2.72 bits per heavy atom. The molecule has 18 heavy (non-hydrogen) atoms. The largest absolute Gasteiger partial charge is 0.352 e. The van der Waals surface area contributed by atoms with Gasteiger partial charge in [-0.1, -0.05) is 0 Å². The Morgan fingerprint density at radius 1 is 1.28 bits per heavy atom. The first-order valence-electron chi connectivity index (χ1n) is 6.22. The zero-order valence-corrected chi connectivity index (χ0v) is 9.90. The molecule has 3 rings (SSSR count). The van der Waals surface area contributed by atoms with Crippen LogP contribution in [0.3, 0.4) is 0 Å². The van der Waals surface area contributed by atoms with Crippen molar-refractivity contribution in [2.75, 3.05) is 6.54 Å². The molecule has 0 spiro atoms. The zero-order valence-electron chi connectivity index (χ0n) is 9.90. The van der Waals surface area contributed by atoms with Crippen molar-refractivity contribution < 1.29 is 9.59 Å². The second-order valence-electron chi connectivity index (χ2n) is 4.84. The van der Waals surface area contributed by atoms with Crippen LogP contribution in [0, 0.1) is 0 Å². The average Bonchev–Trinajstić information content (AvgIpc) is 3.28. The van der Waals surface area contributed by atoms with Crippen molar-refractivity contribution in [3.63, 3.8) is 0 Å². The van der Waals surface area contributed by atoms with Gasteiger partial charge in [-0.3, -0.25) is 14.7 Å². The number of hydrogen-bond donors (Lipinski definition) is 3. The van der Waals surface area contributed by atoms with E-state index in [1.54, 1.807) is 0 Å². The highest BCUT2D eigenvalue weighted by Crippen LogP contribution is 2.37. The molecule has 0 radical (unpaired) electrons. The van der Waals surface area contributed by atoms with Crippen LogP contribution in [0.4, 0.5) is 0 Å². The summed E-state index contributed by atoms with van der Waals surface area (Å²) in [4.78, 5) is 27.2. The Bertz CT molecular complexity index is 476. The van der Waals surface area contributed by atoms with Gasteiger partial charge in [-0.2, -0.15) is 0 Å². The fourth-order valence-electron chi connectivity index (χ4n) is 1.66. The van der Waals surface area contributed by atoms with Crippen LogP contribution in [0.2, 0.25) is 0 Å². The maximum absolute atomic E-state index is 11.7. The molecule has 3 N–H and O–H groups in total. The van der Waals surface area contributed by atoms with E-state index in [4.69, 9.17) is 0 Å². The van der Waals surface area contributed by atoms with Gasteiger partial charge in [-0.25, -0.2) is 4.98 Å². The maximum atomic E-state index is 11.7. The van der Waals surface area contributed by atoms with Crippen LogP contribution in [0.1, 0.15) is 48.0 Å². The lowest BCUT2D eigenvalue weighted by molar-refractivity contribution is -0.120. The Hall–Kier alpha value is -1.92. The molecule has 1 heterocycles. The molecule has 2 aliphatic rings. The molecule has 0 atom stereocenters. The lowest BCUT2D eigenvalue weighted by atomic mass is 10.4. The van der Waals surface area contributed by atoms with Crippen LogP contribution in [-0.2, 0) is 4.79 Å². The van der Waals surface area contributed by atoms with Gasteiger partial charge in [0.05, 0.1) is 6.54 Å². The van der Waals surface area contributed by atoms with Gasteiger partial charge in [0.2, 0.25) is 11.7 Å². The molecule has 1 aromatic rings. The molecular weight excluding hydrogens is 234 g/mol. The Balaban J connectivity index is 1.48. The molecule has 0 aliphatic heterocycles. The molecule has 2 fully saturated rings. The summed E-state index contributed by atoms with van der Waals surface area (Å²) >= 11 is 0. The maximum Gasteiger partial charge on any atom is 0.291 e. The van der Waals surface area contributed by atoms with E-state index in [0.29, 0.717) is 12.0 Å². The standard InChI is InChI=1S/C11H15N5O2/c17-8(13-7-3-4-7)5-12-11(18)10-14-9(15-16-10)6-1-2-6/h6-7H,1-5H2,(H,12,18)(H,13,17)(H,14,15,16). The molecule has 7 heteroatoms. The lowest BCUT2D eigenvalue weighted by Gasteiger charge is -2.03. The summed E-state index contributed by atoms with van der Waals surface area (Å²) in [6.45, 7) is -0.0252. The third-order valence-electron chi connectivity index (χ3n) is 3.02. The number of rotatable bonds is 5. The number of aromatic amines is 1. The number of amides is 2. The Morgan fingerprint density at radius 2 is 2.06 bits per heavy atom. The number of H-pyrrole nitrogens is 1. The van der Waals surface area contributed by atoms with Gasteiger partial charge in [0, 0.05) is 12.0 Å². The normalized spacial score (nSPS) is 18.4. The number of hydrogen-bond acceptors (Lipinski definition) is 4. The van der Waals surface area contributed by atoms with Crippen molar-refractivity contribution in [1.82, 2.24) is 25.8 Å². The third kappa shape index (κ3) is 2.66. The van der Waals surface area contributed by atoms with Crippen molar-refractivity contribution in [2.45, 2.75) is 37.6 Å². The number of carbonyl (C=O) groups excluding carboxylic acids is 2. The molecule has 1 aromatic heterocycles. The van der Waals surface area contributed by atoms with E-state index in [1.165, 1.54) is 0 Å². The molecule has 2 amide bonds. The van der Waals surface area contributed by atoms with Gasteiger partial charge in [-0.15, -0.1) is 5.10 Å². The minimum Gasteiger partial charge on any atom is -0.352 e. The van der Waals surface area contributed by atoms with E-state index in [9.17, 15) is 9.59 Å². The highest BCUT2D eigenvalue weighted by atomic mass is 16.2. The van der Waals surface area contributed by atoms with Crippen LogP contribution in [-0.4, -0.2) is 39.6 Å². The van der Waals surface area contributed by atoms with Gasteiger partial charge in [-0.05, 0) is 25.7 Å². The molecule has 7 nitrogen and oxygen atoms in total. The second-order valence-corrected chi connectivity index (χ2v) is 4.84. The molecule has 96 valence electrons. The summed E-state index contributed by atoms with van der Waals surface area (Å²) in [5.74, 6) is 0.726. The fourth-order valence-corrected chi connectivity index (χ4v) is 1.66. The lowest BCUT2D eigenvalue weighted by Crippen LogP contribution is -2.38. The van der Waals surface area contributed by atoms with Crippen LogP contribution in [0.5, 0.6) is 0 Å². The van der Waals surface area contributed by atoms with E-state index in [2.05, 4.69) is 25.8 Å². The predicted molar refractivity (Wildman–Crippen MR) is 61.9 cm³/mol. The minimum absolute atomic E-state index is 0.0252. The quantitative estimate of drug-likeness (QED) is 0.666. The molecule has 0 unspecified atom stereocenters. The number of nitrogens with one attached hydrogen (secondary N) is 3. The number of nitrogens with zero attached hydrogens (tertiary/aromatic N) is 2. The van der Waals surface area contributed by atoms with Crippen LogP contribution in [0.25, 0.3) is 0 Å². The van der Waals surface area contributed by atoms with E-state index in [0.717, 1.165) is 31.5 Å². The molecular formula is C11H15N5O2. The van der Waals surface area contributed by atoms with Gasteiger partial charge in [0.25, 0.3) is 5.91 Å². The van der Waals surface area contributed by atoms with E-state index >= 15 is 0 Å². The summed E-state index contributed by atoms with van der Waals surface area (Å²) < 4.78 is 0. The molecule has 2 saturated carbocycles. The van der Waals surface area contributed by atoms with Crippen LogP contribution in [0.15, 0.2) is 0 Å².